The summed E-state index contributed by atoms with van der Waals surface area (Å²) in [6.07, 6.45) is 1.71. The third-order valence-electron chi connectivity index (χ3n) is 6.30. The second kappa shape index (κ2) is 9.55. The van der Waals surface area contributed by atoms with Crippen molar-refractivity contribution in [2.45, 2.75) is 19.8 Å². The Balaban J connectivity index is 1.09. The molecule has 1 aromatic heterocycles. The van der Waals surface area contributed by atoms with Crippen LogP contribution in [0.3, 0.4) is 0 Å². The standard InChI is InChI=1S/C27H28N4O2/c1-20-8-10-22(11-9-20)26-28-25(33-29-26)7-4-14-30-15-17-31(18-16-30)27(32)24-13-12-21-5-2-3-6-23(21)19-24/h2-3,5-6,8-13,19H,4,7,14-18H2,1H3. The monoisotopic (exact) mass is 440 g/mol. The molecule has 0 atom stereocenters. The van der Waals surface area contributed by atoms with Crippen molar-refractivity contribution < 1.29 is 9.32 Å². The molecule has 0 aliphatic carbocycles. The van der Waals surface area contributed by atoms with Crippen LogP contribution in [0, 0.1) is 6.92 Å². The first-order chi connectivity index (χ1) is 16.2. The molecule has 0 saturated carbocycles. The van der Waals surface area contributed by atoms with E-state index in [-0.39, 0.29) is 5.91 Å². The molecular weight excluding hydrogens is 412 g/mol. The summed E-state index contributed by atoms with van der Waals surface area (Å²) >= 11 is 0. The van der Waals surface area contributed by atoms with Crippen molar-refractivity contribution in [1.82, 2.24) is 19.9 Å². The summed E-state index contributed by atoms with van der Waals surface area (Å²) < 4.78 is 5.43. The van der Waals surface area contributed by atoms with Gasteiger partial charge in [0.25, 0.3) is 5.91 Å². The SMILES string of the molecule is Cc1ccc(-c2noc(CCCN3CCN(C(=O)c4ccc5ccccc5c4)CC3)n2)cc1. The lowest BCUT2D eigenvalue weighted by atomic mass is 10.1. The second-order valence-corrected chi connectivity index (χ2v) is 8.68. The molecule has 5 rings (SSSR count). The van der Waals surface area contributed by atoms with E-state index in [1.54, 1.807) is 0 Å². The van der Waals surface area contributed by atoms with E-state index in [4.69, 9.17) is 4.52 Å². The lowest BCUT2D eigenvalue weighted by molar-refractivity contribution is 0.0635. The van der Waals surface area contributed by atoms with Gasteiger partial charge in [0, 0.05) is 43.7 Å². The predicted octanol–water partition coefficient (Wildman–Crippen LogP) is 4.59. The Bertz CT molecular complexity index is 1240. The van der Waals surface area contributed by atoms with E-state index in [1.165, 1.54) is 5.56 Å². The van der Waals surface area contributed by atoms with E-state index in [9.17, 15) is 4.79 Å². The molecule has 6 heteroatoms. The highest BCUT2D eigenvalue weighted by molar-refractivity contribution is 5.98. The molecule has 1 aliphatic heterocycles. The molecule has 3 aromatic carbocycles. The highest BCUT2D eigenvalue weighted by Gasteiger charge is 2.22. The molecule has 1 amide bonds. The van der Waals surface area contributed by atoms with Gasteiger partial charge in [0.1, 0.15) is 0 Å². The van der Waals surface area contributed by atoms with Crippen molar-refractivity contribution in [3.8, 4) is 11.4 Å². The van der Waals surface area contributed by atoms with Gasteiger partial charge in [-0.3, -0.25) is 9.69 Å². The van der Waals surface area contributed by atoms with E-state index in [1.807, 2.05) is 47.4 Å². The van der Waals surface area contributed by atoms with Gasteiger partial charge in [-0.1, -0.05) is 65.3 Å². The number of carbonyl (C=O) groups excluding carboxylic acids is 1. The molecule has 4 aromatic rings. The average Bonchev–Trinajstić information content (AvgIpc) is 3.33. The minimum absolute atomic E-state index is 0.120. The van der Waals surface area contributed by atoms with Crippen LogP contribution in [0.2, 0.25) is 0 Å². The van der Waals surface area contributed by atoms with Crippen molar-refractivity contribution >= 4 is 16.7 Å². The lowest BCUT2D eigenvalue weighted by Gasteiger charge is -2.34. The van der Waals surface area contributed by atoms with Crippen LogP contribution < -0.4 is 0 Å². The number of aryl methyl sites for hydroxylation is 2. The molecule has 0 N–H and O–H groups in total. The quantitative estimate of drug-likeness (QED) is 0.439. The molecule has 1 aliphatic rings. The smallest absolute Gasteiger partial charge is 0.253 e. The number of benzene rings is 3. The Morgan fingerprint density at radius 1 is 0.939 bits per heavy atom. The molecule has 6 nitrogen and oxygen atoms in total. The van der Waals surface area contributed by atoms with E-state index < -0.39 is 0 Å². The van der Waals surface area contributed by atoms with Gasteiger partial charge in [0.2, 0.25) is 11.7 Å². The maximum Gasteiger partial charge on any atom is 0.253 e. The number of carbonyl (C=O) groups is 1. The summed E-state index contributed by atoms with van der Waals surface area (Å²) in [5, 5.41) is 6.38. The van der Waals surface area contributed by atoms with Crippen LogP contribution in [0.15, 0.2) is 71.3 Å². The van der Waals surface area contributed by atoms with Crippen LogP contribution in [0.1, 0.15) is 28.2 Å². The molecule has 2 heterocycles. The molecule has 168 valence electrons. The number of aromatic nitrogens is 2. The molecule has 0 spiro atoms. The first kappa shape index (κ1) is 21.3. The summed E-state index contributed by atoms with van der Waals surface area (Å²) in [5.74, 6) is 1.44. The van der Waals surface area contributed by atoms with E-state index >= 15 is 0 Å². The van der Waals surface area contributed by atoms with Crippen LogP contribution >= 0.6 is 0 Å². The van der Waals surface area contributed by atoms with Gasteiger partial charge in [-0.15, -0.1) is 0 Å². The van der Waals surface area contributed by atoms with Crippen molar-refractivity contribution in [1.29, 1.82) is 0 Å². The maximum atomic E-state index is 13.0. The molecular formula is C27H28N4O2. The topological polar surface area (TPSA) is 62.5 Å². The van der Waals surface area contributed by atoms with Crippen molar-refractivity contribution in [3.63, 3.8) is 0 Å². The zero-order chi connectivity index (χ0) is 22.6. The largest absolute Gasteiger partial charge is 0.339 e. The third-order valence-corrected chi connectivity index (χ3v) is 6.30. The molecule has 33 heavy (non-hydrogen) atoms. The Hall–Kier alpha value is -3.51. The van der Waals surface area contributed by atoms with Gasteiger partial charge in [-0.2, -0.15) is 4.98 Å². The first-order valence-corrected chi connectivity index (χ1v) is 11.6. The first-order valence-electron chi connectivity index (χ1n) is 11.6. The van der Waals surface area contributed by atoms with Gasteiger partial charge >= 0.3 is 0 Å². The summed E-state index contributed by atoms with van der Waals surface area (Å²) in [6.45, 7) is 6.30. The minimum atomic E-state index is 0.120. The number of piperazine rings is 1. The second-order valence-electron chi connectivity index (χ2n) is 8.68. The van der Waals surface area contributed by atoms with Crippen LogP contribution in [-0.2, 0) is 6.42 Å². The van der Waals surface area contributed by atoms with E-state index in [2.05, 4.69) is 46.2 Å². The van der Waals surface area contributed by atoms with Gasteiger partial charge in [-0.05, 0) is 42.8 Å². The molecule has 1 fully saturated rings. The Kier molecular flexibility index (Phi) is 6.17. The molecule has 0 bridgehead atoms. The molecule has 0 radical (unpaired) electrons. The van der Waals surface area contributed by atoms with Gasteiger partial charge in [0.15, 0.2) is 0 Å². The summed E-state index contributed by atoms with van der Waals surface area (Å²) in [5.41, 5.74) is 2.95. The number of hydrogen-bond acceptors (Lipinski definition) is 5. The Morgan fingerprint density at radius 3 is 2.48 bits per heavy atom. The molecule has 1 saturated heterocycles. The summed E-state index contributed by atoms with van der Waals surface area (Å²) in [7, 11) is 0. The van der Waals surface area contributed by atoms with Crippen LogP contribution in [0.4, 0.5) is 0 Å². The fourth-order valence-electron chi connectivity index (χ4n) is 4.31. The Labute approximate surface area is 193 Å². The lowest BCUT2D eigenvalue weighted by Crippen LogP contribution is -2.48. The number of amides is 1. The van der Waals surface area contributed by atoms with Crippen LogP contribution in [0.25, 0.3) is 22.2 Å². The average molecular weight is 441 g/mol. The van der Waals surface area contributed by atoms with E-state index in [0.29, 0.717) is 11.7 Å². The van der Waals surface area contributed by atoms with Gasteiger partial charge < -0.3 is 9.42 Å². The van der Waals surface area contributed by atoms with Crippen LogP contribution in [-0.4, -0.2) is 58.6 Å². The van der Waals surface area contributed by atoms with E-state index in [0.717, 1.165) is 67.5 Å². The van der Waals surface area contributed by atoms with Gasteiger partial charge in [0.05, 0.1) is 0 Å². The number of rotatable bonds is 6. The fraction of sp³-hybridized carbons (Fsp3) is 0.296. The number of nitrogens with zero attached hydrogens (tertiary/aromatic N) is 4. The van der Waals surface area contributed by atoms with Crippen molar-refractivity contribution in [3.05, 3.63) is 83.7 Å². The normalized spacial score (nSPS) is 14.6. The third kappa shape index (κ3) is 4.96. The number of hydrogen-bond donors (Lipinski definition) is 0. The zero-order valence-corrected chi connectivity index (χ0v) is 18.9. The highest BCUT2D eigenvalue weighted by Crippen LogP contribution is 2.19. The van der Waals surface area contributed by atoms with Gasteiger partial charge in [-0.25, -0.2) is 0 Å². The Morgan fingerprint density at radius 2 is 1.70 bits per heavy atom. The zero-order valence-electron chi connectivity index (χ0n) is 18.9. The highest BCUT2D eigenvalue weighted by atomic mass is 16.5. The minimum Gasteiger partial charge on any atom is -0.339 e. The van der Waals surface area contributed by atoms with Crippen molar-refractivity contribution in [2.24, 2.45) is 0 Å². The summed E-state index contributed by atoms with van der Waals surface area (Å²) in [4.78, 5) is 21.9. The van der Waals surface area contributed by atoms with Crippen LogP contribution in [0.5, 0.6) is 0 Å². The van der Waals surface area contributed by atoms with Crippen molar-refractivity contribution in [2.75, 3.05) is 32.7 Å². The number of fused-ring (bicyclic) bond motifs is 1. The maximum absolute atomic E-state index is 13.0. The summed E-state index contributed by atoms with van der Waals surface area (Å²) in [6, 6.07) is 22.2. The fourth-order valence-corrected chi connectivity index (χ4v) is 4.31. The predicted molar refractivity (Wildman–Crippen MR) is 129 cm³/mol. The molecule has 0 unspecified atom stereocenters.